The topological polar surface area (TPSA) is 32.8 Å². The lowest BCUT2D eigenvalue weighted by Gasteiger charge is -2.30. The minimum Gasteiger partial charge on any atom is -0.384 e. The second kappa shape index (κ2) is 6.19. The molecule has 4 nitrogen and oxygen atoms in total. The average molecular weight is 323 g/mol. The van der Waals surface area contributed by atoms with Gasteiger partial charge in [-0.25, -0.2) is 0 Å². The average Bonchev–Trinajstić information content (AvgIpc) is 3.04. The minimum absolute atomic E-state index is 0.110. The van der Waals surface area contributed by atoms with E-state index in [9.17, 15) is 4.79 Å². The quantitative estimate of drug-likeness (QED) is 0.856. The summed E-state index contributed by atoms with van der Waals surface area (Å²) < 4.78 is 5.41. The van der Waals surface area contributed by atoms with Crippen molar-refractivity contribution in [1.29, 1.82) is 0 Å². The third-order valence-electron chi connectivity index (χ3n) is 5.11. The first-order chi connectivity index (χ1) is 10.5. The summed E-state index contributed by atoms with van der Waals surface area (Å²) >= 11 is 5.90. The summed E-state index contributed by atoms with van der Waals surface area (Å²) in [5, 5.41) is 0.659. The van der Waals surface area contributed by atoms with Crippen LogP contribution in [0.3, 0.4) is 0 Å². The standard InChI is InChI=1S/C17H23ClN2O2/c1-19-9-14(10-22-2)17(11-19)7-8-20(12-17)16(21)13-3-5-15(18)6-4-13/h3-6,14H,7-12H2,1-2H3/t14-,17-/m0/s1. The second-order valence-corrected chi connectivity index (χ2v) is 7.13. The molecule has 0 aliphatic carbocycles. The van der Waals surface area contributed by atoms with Gasteiger partial charge in [0.25, 0.3) is 5.91 Å². The molecule has 2 aliphatic rings. The van der Waals surface area contributed by atoms with Gasteiger partial charge in [0.2, 0.25) is 0 Å². The number of benzene rings is 1. The SMILES string of the molecule is COC[C@@H]1CN(C)C[C@]12CCN(C(=O)c1ccc(Cl)cc1)C2. The summed E-state index contributed by atoms with van der Waals surface area (Å²) in [5.74, 6) is 0.616. The fourth-order valence-corrected chi connectivity index (χ4v) is 4.16. The van der Waals surface area contributed by atoms with Crippen LogP contribution in [0, 0.1) is 11.3 Å². The van der Waals surface area contributed by atoms with Crippen LogP contribution in [0.4, 0.5) is 0 Å². The first kappa shape index (κ1) is 15.8. The monoisotopic (exact) mass is 322 g/mol. The van der Waals surface area contributed by atoms with E-state index >= 15 is 0 Å². The number of halogens is 1. The van der Waals surface area contributed by atoms with Crippen molar-refractivity contribution in [3.8, 4) is 0 Å². The van der Waals surface area contributed by atoms with Crippen LogP contribution in [0.15, 0.2) is 24.3 Å². The number of hydrogen-bond donors (Lipinski definition) is 0. The van der Waals surface area contributed by atoms with E-state index in [4.69, 9.17) is 16.3 Å². The van der Waals surface area contributed by atoms with Crippen molar-refractivity contribution in [2.24, 2.45) is 11.3 Å². The number of hydrogen-bond acceptors (Lipinski definition) is 3. The lowest BCUT2D eigenvalue weighted by atomic mass is 9.77. The fraction of sp³-hybridized carbons (Fsp3) is 0.588. The van der Waals surface area contributed by atoms with Gasteiger partial charge in [-0.3, -0.25) is 4.79 Å². The first-order valence-electron chi connectivity index (χ1n) is 7.76. The molecular formula is C17H23ClN2O2. The Morgan fingerprint density at radius 2 is 2.09 bits per heavy atom. The van der Waals surface area contributed by atoms with E-state index in [2.05, 4.69) is 11.9 Å². The largest absolute Gasteiger partial charge is 0.384 e. The molecule has 3 rings (SSSR count). The van der Waals surface area contributed by atoms with Crippen LogP contribution >= 0.6 is 11.6 Å². The Kier molecular flexibility index (Phi) is 4.44. The molecule has 1 spiro atoms. The van der Waals surface area contributed by atoms with Crippen LogP contribution in [0.2, 0.25) is 5.02 Å². The Hall–Kier alpha value is -1.10. The van der Waals surface area contributed by atoms with E-state index in [1.54, 1.807) is 19.2 Å². The van der Waals surface area contributed by atoms with Crippen LogP contribution in [-0.4, -0.2) is 62.7 Å². The number of nitrogens with zero attached hydrogens (tertiary/aromatic N) is 2. The highest BCUT2D eigenvalue weighted by Crippen LogP contribution is 2.43. The van der Waals surface area contributed by atoms with Gasteiger partial charge in [0.05, 0.1) is 6.61 Å². The molecule has 2 aliphatic heterocycles. The van der Waals surface area contributed by atoms with Crippen molar-refractivity contribution in [2.45, 2.75) is 6.42 Å². The number of likely N-dealkylation sites (tertiary alicyclic amines) is 2. The zero-order valence-corrected chi connectivity index (χ0v) is 14.0. The van der Waals surface area contributed by atoms with Gasteiger partial charge in [0.1, 0.15) is 0 Å². The summed E-state index contributed by atoms with van der Waals surface area (Å²) in [4.78, 5) is 17.0. The van der Waals surface area contributed by atoms with Gasteiger partial charge >= 0.3 is 0 Å². The van der Waals surface area contributed by atoms with Gasteiger partial charge in [-0.15, -0.1) is 0 Å². The molecule has 2 saturated heterocycles. The first-order valence-corrected chi connectivity index (χ1v) is 8.14. The van der Waals surface area contributed by atoms with Gasteiger partial charge in [0.15, 0.2) is 0 Å². The van der Waals surface area contributed by atoms with Crippen LogP contribution in [0.1, 0.15) is 16.8 Å². The normalized spacial score (nSPS) is 28.7. The third-order valence-corrected chi connectivity index (χ3v) is 5.37. The van der Waals surface area contributed by atoms with Crippen molar-refractivity contribution in [1.82, 2.24) is 9.80 Å². The maximum atomic E-state index is 12.7. The molecule has 0 N–H and O–H groups in total. The van der Waals surface area contributed by atoms with Gasteiger partial charge in [0, 0.05) is 55.2 Å². The highest BCUT2D eigenvalue weighted by molar-refractivity contribution is 6.30. The smallest absolute Gasteiger partial charge is 0.253 e. The molecule has 2 fully saturated rings. The van der Waals surface area contributed by atoms with Crippen molar-refractivity contribution < 1.29 is 9.53 Å². The summed E-state index contributed by atoms with van der Waals surface area (Å²) in [6.07, 6.45) is 1.06. The molecule has 120 valence electrons. The number of ether oxygens (including phenoxy) is 1. The maximum Gasteiger partial charge on any atom is 0.253 e. The van der Waals surface area contributed by atoms with Crippen LogP contribution in [0.5, 0.6) is 0 Å². The number of carbonyl (C=O) groups excluding carboxylic acids is 1. The van der Waals surface area contributed by atoms with E-state index in [0.717, 1.165) is 44.8 Å². The van der Waals surface area contributed by atoms with Crippen molar-refractivity contribution in [3.63, 3.8) is 0 Å². The Morgan fingerprint density at radius 3 is 2.77 bits per heavy atom. The highest BCUT2D eigenvalue weighted by atomic mass is 35.5. The molecule has 2 atom stereocenters. The van der Waals surface area contributed by atoms with E-state index < -0.39 is 0 Å². The second-order valence-electron chi connectivity index (χ2n) is 6.69. The Balaban J connectivity index is 1.73. The molecule has 1 aromatic carbocycles. The predicted octanol–water partition coefficient (Wildman–Crippen LogP) is 2.38. The summed E-state index contributed by atoms with van der Waals surface area (Å²) in [7, 11) is 3.92. The van der Waals surface area contributed by atoms with Gasteiger partial charge < -0.3 is 14.5 Å². The molecule has 0 bridgehead atoms. The molecule has 22 heavy (non-hydrogen) atoms. The number of amides is 1. The number of rotatable bonds is 3. The summed E-state index contributed by atoms with van der Waals surface area (Å²) in [6.45, 7) is 4.53. The van der Waals surface area contributed by atoms with E-state index in [0.29, 0.717) is 10.9 Å². The predicted molar refractivity (Wildman–Crippen MR) is 87.3 cm³/mol. The van der Waals surface area contributed by atoms with E-state index in [1.165, 1.54) is 0 Å². The lowest BCUT2D eigenvalue weighted by molar-refractivity contribution is 0.0716. The van der Waals surface area contributed by atoms with Gasteiger partial charge in [-0.1, -0.05) is 11.6 Å². The molecule has 0 unspecified atom stereocenters. The zero-order valence-electron chi connectivity index (χ0n) is 13.2. The van der Waals surface area contributed by atoms with Crippen LogP contribution < -0.4 is 0 Å². The van der Waals surface area contributed by atoms with Gasteiger partial charge in [-0.05, 0) is 37.7 Å². The Labute approximate surface area is 137 Å². The molecule has 2 heterocycles. The molecule has 0 aromatic heterocycles. The molecule has 5 heteroatoms. The van der Waals surface area contributed by atoms with Crippen molar-refractivity contribution >= 4 is 17.5 Å². The summed E-state index contributed by atoms with van der Waals surface area (Å²) in [5.41, 5.74) is 0.906. The number of methoxy groups -OCH3 is 1. The third kappa shape index (κ3) is 2.87. The molecule has 1 aromatic rings. The van der Waals surface area contributed by atoms with Crippen LogP contribution in [-0.2, 0) is 4.74 Å². The Bertz CT molecular complexity index is 548. The molecular weight excluding hydrogens is 300 g/mol. The highest BCUT2D eigenvalue weighted by Gasteiger charge is 2.50. The van der Waals surface area contributed by atoms with E-state index in [-0.39, 0.29) is 11.3 Å². The molecule has 0 saturated carbocycles. The molecule has 1 amide bonds. The zero-order chi connectivity index (χ0) is 15.7. The fourth-order valence-electron chi connectivity index (χ4n) is 4.04. The molecule has 0 radical (unpaired) electrons. The minimum atomic E-state index is 0.110. The number of carbonyl (C=O) groups is 1. The Morgan fingerprint density at radius 1 is 1.36 bits per heavy atom. The maximum absolute atomic E-state index is 12.7. The lowest BCUT2D eigenvalue weighted by Crippen LogP contribution is -2.38. The van der Waals surface area contributed by atoms with Crippen molar-refractivity contribution in [3.05, 3.63) is 34.9 Å². The summed E-state index contributed by atoms with van der Waals surface area (Å²) in [6, 6.07) is 7.17. The van der Waals surface area contributed by atoms with E-state index in [1.807, 2.05) is 17.0 Å². The van der Waals surface area contributed by atoms with Crippen molar-refractivity contribution in [2.75, 3.05) is 46.9 Å². The van der Waals surface area contributed by atoms with Crippen LogP contribution in [0.25, 0.3) is 0 Å². The van der Waals surface area contributed by atoms with Gasteiger partial charge in [-0.2, -0.15) is 0 Å².